The fourth-order valence-electron chi connectivity index (χ4n) is 4.55. The summed E-state index contributed by atoms with van der Waals surface area (Å²) in [6.45, 7) is 8.68. The third kappa shape index (κ3) is 5.06. The highest BCUT2D eigenvalue weighted by Gasteiger charge is 2.24. The Labute approximate surface area is 187 Å². The number of benzene rings is 1. The van der Waals surface area contributed by atoms with E-state index < -0.39 is 5.97 Å². The quantitative estimate of drug-likeness (QED) is 0.585. The number of carboxylic acid groups (broad SMARTS) is 1. The van der Waals surface area contributed by atoms with E-state index >= 15 is 0 Å². The fourth-order valence-corrected chi connectivity index (χ4v) is 4.55. The molecule has 0 unspecified atom stereocenters. The van der Waals surface area contributed by atoms with Gasteiger partial charge in [-0.3, -0.25) is 19.5 Å². The predicted octanol–water partition coefficient (Wildman–Crippen LogP) is 4.43. The van der Waals surface area contributed by atoms with Crippen molar-refractivity contribution in [1.29, 1.82) is 0 Å². The van der Waals surface area contributed by atoms with E-state index in [9.17, 15) is 9.59 Å². The van der Waals surface area contributed by atoms with Crippen LogP contribution in [0.5, 0.6) is 0 Å². The molecule has 0 spiro atoms. The minimum atomic E-state index is -0.782. The number of amides is 1. The summed E-state index contributed by atoms with van der Waals surface area (Å²) in [5.74, 6) is -0.425. The lowest BCUT2D eigenvalue weighted by Gasteiger charge is -2.31. The number of anilines is 1. The Bertz CT molecular complexity index is 1070. The number of nitrogens with one attached hydrogen (secondary N) is 2. The van der Waals surface area contributed by atoms with Crippen LogP contribution in [0.25, 0.3) is 10.4 Å². The number of aromatic nitrogens is 2. The molecule has 2 heterocycles. The highest BCUT2D eigenvalue weighted by molar-refractivity contribution is 6.03. The number of carbonyl (C=O) groups excluding carboxylic acids is 1. The molecule has 166 valence electrons. The topological polar surface area (TPSA) is 103 Å². The van der Waals surface area contributed by atoms with Gasteiger partial charge in [-0.2, -0.15) is 0 Å². The highest BCUT2D eigenvalue weighted by Crippen LogP contribution is 2.36. The van der Waals surface area contributed by atoms with Crippen molar-refractivity contribution in [2.75, 3.05) is 25.0 Å². The van der Waals surface area contributed by atoms with Gasteiger partial charge in [-0.25, -0.2) is 4.98 Å². The van der Waals surface area contributed by atoms with Crippen molar-refractivity contribution in [3.63, 3.8) is 0 Å². The number of rotatable bonds is 6. The van der Waals surface area contributed by atoms with Gasteiger partial charge >= 0.3 is 11.9 Å². The molecule has 1 fully saturated rings. The molecule has 8 nitrogen and oxygen atoms in total. The van der Waals surface area contributed by atoms with Gasteiger partial charge in [0.2, 0.25) is 5.82 Å². The zero-order valence-corrected chi connectivity index (χ0v) is 17.9. The van der Waals surface area contributed by atoms with Gasteiger partial charge in [-0.05, 0) is 80.8 Å². The number of allylic oxidation sites excluding steroid dienone is 2. The molecule has 3 N–H and O–H groups in total. The van der Waals surface area contributed by atoms with Crippen LogP contribution in [0.4, 0.5) is 11.5 Å². The Balaban J connectivity index is 1.56. The lowest BCUT2D eigenvalue weighted by Crippen LogP contribution is -2.36. The van der Waals surface area contributed by atoms with Crippen molar-refractivity contribution in [1.82, 2.24) is 14.9 Å². The zero-order valence-electron chi connectivity index (χ0n) is 17.9. The van der Waals surface area contributed by atoms with E-state index in [2.05, 4.69) is 38.3 Å². The van der Waals surface area contributed by atoms with Gasteiger partial charge in [0.05, 0.1) is 12.7 Å². The Morgan fingerprint density at radius 3 is 2.75 bits per heavy atom. The van der Waals surface area contributed by atoms with E-state index in [0.717, 1.165) is 56.4 Å². The SMILES string of the molecule is [C-]#[N+]c1cnc(C(=O)Nc2ccc(C3CCN(CC(=O)O)CC3)cc2C2=CCCCC2)[nH]1. The summed E-state index contributed by atoms with van der Waals surface area (Å²) >= 11 is 0. The number of carboxylic acids is 1. The van der Waals surface area contributed by atoms with Gasteiger partial charge in [0.15, 0.2) is 0 Å². The number of likely N-dealkylation sites (tertiary alicyclic amines) is 1. The molecule has 1 amide bonds. The summed E-state index contributed by atoms with van der Waals surface area (Å²) in [5.41, 5.74) is 4.27. The molecule has 1 saturated heterocycles. The van der Waals surface area contributed by atoms with E-state index in [0.29, 0.717) is 5.92 Å². The molecule has 32 heavy (non-hydrogen) atoms. The van der Waals surface area contributed by atoms with Gasteiger partial charge in [-0.15, -0.1) is 0 Å². The number of aliphatic carboxylic acids is 1. The van der Waals surface area contributed by atoms with Gasteiger partial charge in [0.25, 0.3) is 5.82 Å². The number of aromatic amines is 1. The van der Waals surface area contributed by atoms with E-state index in [1.807, 2.05) is 11.0 Å². The number of piperidine rings is 1. The number of hydrogen-bond acceptors (Lipinski definition) is 4. The molecular weight excluding hydrogens is 406 g/mol. The lowest BCUT2D eigenvalue weighted by molar-refractivity contribution is -0.138. The molecule has 8 heteroatoms. The van der Waals surface area contributed by atoms with E-state index in [-0.39, 0.29) is 24.1 Å². The summed E-state index contributed by atoms with van der Waals surface area (Å²) in [4.78, 5) is 35.7. The molecule has 0 atom stereocenters. The molecule has 1 aromatic heterocycles. The van der Waals surface area contributed by atoms with Crippen molar-refractivity contribution < 1.29 is 14.7 Å². The molecule has 1 aliphatic carbocycles. The van der Waals surface area contributed by atoms with Crippen molar-refractivity contribution >= 4 is 29.0 Å². The maximum atomic E-state index is 12.7. The Morgan fingerprint density at radius 1 is 1.28 bits per heavy atom. The lowest BCUT2D eigenvalue weighted by atomic mass is 9.85. The minimum Gasteiger partial charge on any atom is -0.480 e. The van der Waals surface area contributed by atoms with Crippen LogP contribution in [-0.2, 0) is 4.79 Å². The van der Waals surface area contributed by atoms with E-state index in [4.69, 9.17) is 11.7 Å². The van der Waals surface area contributed by atoms with Gasteiger partial charge in [0, 0.05) is 11.3 Å². The van der Waals surface area contributed by atoms with Crippen LogP contribution in [0.1, 0.15) is 66.2 Å². The molecule has 0 saturated carbocycles. The average molecular weight is 434 g/mol. The minimum absolute atomic E-state index is 0.0951. The second-order valence-electron chi connectivity index (χ2n) is 8.41. The van der Waals surface area contributed by atoms with Crippen molar-refractivity contribution in [3.05, 3.63) is 58.8 Å². The number of hydrogen-bond donors (Lipinski definition) is 3. The molecule has 1 aromatic carbocycles. The third-order valence-electron chi connectivity index (χ3n) is 6.24. The zero-order chi connectivity index (χ0) is 22.5. The third-order valence-corrected chi connectivity index (χ3v) is 6.24. The summed E-state index contributed by atoms with van der Waals surface area (Å²) in [5, 5.41) is 12.0. The first kappa shape index (κ1) is 21.8. The molecule has 4 rings (SSSR count). The molecule has 2 aromatic rings. The Morgan fingerprint density at radius 2 is 2.09 bits per heavy atom. The van der Waals surface area contributed by atoms with Crippen molar-refractivity contribution in [2.45, 2.75) is 44.4 Å². The van der Waals surface area contributed by atoms with Crippen LogP contribution in [0.15, 0.2) is 30.5 Å². The first-order valence-corrected chi connectivity index (χ1v) is 11.0. The molecular formula is C24H27N5O3. The first-order chi connectivity index (χ1) is 15.5. The standard InChI is InChI=1S/C24H27N5O3/c1-25-21-14-26-23(28-21)24(32)27-20-8-7-18(13-19(20)17-5-3-2-4-6-17)16-9-11-29(12-10-16)15-22(30)31/h5,7-8,13-14,16H,2-4,6,9-12,15H2,(H,26,28)(H,27,32)(H,30,31). The Kier molecular flexibility index (Phi) is 6.66. The van der Waals surface area contributed by atoms with Crippen LogP contribution in [0, 0.1) is 6.57 Å². The van der Waals surface area contributed by atoms with Crippen LogP contribution in [0.3, 0.4) is 0 Å². The predicted molar refractivity (Wildman–Crippen MR) is 122 cm³/mol. The van der Waals surface area contributed by atoms with Crippen molar-refractivity contribution in [2.24, 2.45) is 0 Å². The van der Waals surface area contributed by atoms with Crippen molar-refractivity contribution in [3.8, 4) is 0 Å². The van der Waals surface area contributed by atoms with Crippen LogP contribution >= 0.6 is 0 Å². The second kappa shape index (κ2) is 9.79. The van der Waals surface area contributed by atoms with Crippen LogP contribution in [-0.4, -0.2) is 51.5 Å². The molecule has 0 bridgehead atoms. The first-order valence-electron chi connectivity index (χ1n) is 11.0. The highest BCUT2D eigenvalue weighted by atomic mass is 16.4. The van der Waals surface area contributed by atoms with E-state index in [1.165, 1.54) is 23.8 Å². The van der Waals surface area contributed by atoms with Crippen LogP contribution in [0.2, 0.25) is 0 Å². The number of H-pyrrole nitrogens is 1. The molecule has 0 radical (unpaired) electrons. The average Bonchev–Trinajstić information content (AvgIpc) is 3.30. The second-order valence-corrected chi connectivity index (χ2v) is 8.41. The van der Waals surface area contributed by atoms with Crippen LogP contribution < -0.4 is 5.32 Å². The largest absolute Gasteiger partial charge is 0.480 e. The summed E-state index contributed by atoms with van der Waals surface area (Å²) < 4.78 is 0. The number of nitrogens with zero attached hydrogens (tertiary/aromatic N) is 3. The molecule has 1 aliphatic heterocycles. The smallest absolute Gasteiger partial charge is 0.317 e. The Hall–Kier alpha value is -3.44. The molecule has 2 aliphatic rings. The number of carbonyl (C=O) groups is 2. The maximum Gasteiger partial charge on any atom is 0.317 e. The summed E-state index contributed by atoms with van der Waals surface area (Å²) in [7, 11) is 0. The fraction of sp³-hybridized carbons (Fsp3) is 0.417. The normalized spacial score (nSPS) is 17.4. The van der Waals surface area contributed by atoms with Gasteiger partial charge in [-0.1, -0.05) is 18.7 Å². The van der Waals surface area contributed by atoms with Gasteiger partial charge < -0.3 is 15.3 Å². The number of imidazole rings is 1. The summed E-state index contributed by atoms with van der Waals surface area (Å²) in [6, 6.07) is 6.21. The maximum absolute atomic E-state index is 12.7. The monoisotopic (exact) mass is 433 g/mol. The summed E-state index contributed by atoms with van der Waals surface area (Å²) in [6.07, 6.45) is 9.78. The van der Waals surface area contributed by atoms with E-state index in [1.54, 1.807) is 0 Å². The van der Waals surface area contributed by atoms with Gasteiger partial charge in [0.1, 0.15) is 0 Å².